The minimum Gasteiger partial charge on any atom is -0.370 e. The molecule has 1 aliphatic heterocycles. The van der Waals surface area contributed by atoms with Gasteiger partial charge < -0.3 is 4.90 Å². The summed E-state index contributed by atoms with van der Waals surface area (Å²) in [5, 5.41) is 0. The second-order valence-corrected chi connectivity index (χ2v) is 8.93. The SMILES string of the molecule is O=S(=O)(c1ccccc1)c1ccc(CN2CCCC3CC=CC=C32)cc1. The molecule has 2 aromatic carbocycles. The van der Waals surface area contributed by atoms with Crippen LogP contribution in [0.25, 0.3) is 0 Å². The second kappa shape index (κ2) is 7.12. The third-order valence-electron chi connectivity index (χ3n) is 5.25. The normalized spacial score (nSPS) is 19.8. The molecule has 1 unspecified atom stereocenters. The second-order valence-electron chi connectivity index (χ2n) is 6.98. The van der Waals surface area contributed by atoms with Crippen LogP contribution in [0.3, 0.4) is 0 Å². The summed E-state index contributed by atoms with van der Waals surface area (Å²) < 4.78 is 25.4. The maximum absolute atomic E-state index is 12.7. The Hall–Kier alpha value is -2.33. The smallest absolute Gasteiger partial charge is 0.206 e. The van der Waals surface area contributed by atoms with Crippen LogP contribution < -0.4 is 0 Å². The van der Waals surface area contributed by atoms with E-state index in [-0.39, 0.29) is 0 Å². The molecule has 26 heavy (non-hydrogen) atoms. The molecule has 4 rings (SSSR count). The van der Waals surface area contributed by atoms with Gasteiger partial charge in [0.2, 0.25) is 9.84 Å². The lowest BCUT2D eigenvalue weighted by atomic mass is 9.87. The molecular weight excluding hydrogens is 342 g/mol. The topological polar surface area (TPSA) is 37.4 Å². The Kier molecular flexibility index (Phi) is 4.68. The van der Waals surface area contributed by atoms with E-state index in [9.17, 15) is 8.42 Å². The van der Waals surface area contributed by atoms with Crippen LogP contribution in [0.1, 0.15) is 24.8 Å². The van der Waals surface area contributed by atoms with Gasteiger partial charge >= 0.3 is 0 Å². The van der Waals surface area contributed by atoms with Crippen molar-refractivity contribution in [1.82, 2.24) is 4.90 Å². The first-order chi connectivity index (χ1) is 12.6. The van der Waals surface area contributed by atoms with Crippen molar-refractivity contribution in [2.45, 2.75) is 35.6 Å². The van der Waals surface area contributed by atoms with Gasteiger partial charge in [-0.1, -0.05) is 42.5 Å². The Morgan fingerprint density at radius 1 is 0.962 bits per heavy atom. The van der Waals surface area contributed by atoms with E-state index in [1.54, 1.807) is 36.4 Å². The van der Waals surface area contributed by atoms with Crippen LogP contribution in [-0.2, 0) is 16.4 Å². The molecule has 2 aliphatic rings. The van der Waals surface area contributed by atoms with E-state index in [4.69, 9.17) is 0 Å². The van der Waals surface area contributed by atoms with Crippen molar-refractivity contribution in [3.63, 3.8) is 0 Å². The van der Waals surface area contributed by atoms with Gasteiger partial charge in [-0.3, -0.25) is 0 Å². The average molecular weight is 365 g/mol. The van der Waals surface area contributed by atoms with Gasteiger partial charge in [0.05, 0.1) is 9.79 Å². The van der Waals surface area contributed by atoms with E-state index in [2.05, 4.69) is 23.1 Å². The van der Waals surface area contributed by atoms with Crippen molar-refractivity contribution in [3.8, 4) is 0 Å². The number of fused-ring (bicyclic) bond motifs is 1. The van der Waals surface area contributed by atoms with Crippen LogP contribution in [0.5, 0.6) is 0 Å². The third kappa shape index (κ3) is 3.34. The predicted molar refractivity (Wildman–Crippen MR) is 103 cm³/mol. The summed E-state index contributed by atoms with van der Waals surface area (Å²) in [4.78, 5) is 3.13. The minimum absolute atomic E-state index is 0.339. The van der Waals surface area contributed by atoms with Gasteiger partial charge in [-0.2, -0.15) is 0 Å². The largest absolute Gasteiger partial charge is 0.370 e. The van der Waals surface area contributed by atoms with E-state index in [0.717, 1.165) is 25.1 Å². The van der Waals surface area contributed by atoms with E-state index in [1.807, 2.05) is 18.2 Å². The van der Waals surface area contributed by atoms with E-state index in [0.29, 0.717) is 15.7 Å². The first kappa shape index (κ1) is 17.1. The van der Waals surface area contributed by atoms with Crippen molar-refractivity contribution in [2.24, 2.45) is 5.92 Å². The summed E-state index contributed by atoms with van der Waals surface area (Å²) in [7, 11) is -3.44. The Morgan fingerprint density at radius 2 is 1.69 bits per heavy atom. The van der Waals surface area contributed by atoms with Gasteiger partial charge in [0, 0.05) is 24.7 Å². The van der Waals surface area contributed by atoms with Gasteiger partial charge in [0.25, 0.3) is 0 Å². The fourth-order valence-corrected chi connectivity index (χ4v) is 5.14. The Bertz CT molecular complexity index is 928. The molecule has 3 nitrogen and oxygen atoms in total. The molecule has 0 radical (unpaired) electrons. The number of likely N-dealkylation sites (tertiary alicyclic amines) is 1. The van der Waals surface area contributed by atoms with E-state index < -0.39 is 9.84 Å². The molecule has 1 heterocycles. The summed E-state index contributed by atoms with van der Waals surface area (Å²) in [6.45, 7) is 1.90. The quantitative estimate of drug-likeness (QED) is 0.796. The fraction of sp³-hybridized carbons (Fsp3) is 0.273. The van der Waals surface area contributed by atoms with E-state index >= 15 is 0 Å². The summed E-state index contributed by atoms with van der Waals surface area (Å²) in [6.07, 6.45) is 10.3. The van der Waals surface area contributed by atoms with Gasteiger partial charge in [0.1, 0.15) is 0 Å². The average Bonchev–Trinajstić information content (AvgIpc) is 2.69. The maximum atomic E-state index is 12.7. The Labute approximate surface area is 155 Å². The number of sulfone groups is 1. The maximum Gasteiger partial charge on any atom is 0.206 e. The van der Waals surface area contributed by atoms with Crippen LogP contribution in [0.15, 0.2) is 88.3 Å². The number of benzene rings is 2. The number of hydrogen-bond acceptors (Lipinski definition) is 3. The van der Waals surface area contributed by atoms with Crippen molar-refractivity contribution in [1.29, 1.82) is 0 Å². The van der Waals surface area contributed by atoms with Crippen LogP contribution >= 0.6 is 0 Å². The molecular formula is C22H23NO2S. The highest BCUT2D eigenvalue weighted by Gasteiger charge is 2.25. The molecule has 4 heteroatoms. The zero-order valence-corrected chi connectivity index (χ0v) is 15.5. The molecule has 0 amide bonds. The molecule has 1 aliphatic carbocycles. The van der Waals surface area contributed by atoms with Crippen LogP contribution in [0.2, 0.25) is 0 Å². The van der Waals surface area contributed by atoms with Crippen LogP contribution in [0.4, 0.5) is 0 Å². The van der Waals surface area contributed by atoms with Crippen molar-refractivity contribution >= 4 is 9.84 Å². The Morgan fingerprint density at radius 3 is 2.46 bits per heavy atom. The van der Waals surface area contributed by atoms with Crippen molar-refractivity contribution in [3.05, 3.63) is 84.1 Å². The van der Waals surface area contributed by atoms with Crippen LogP contribution in [-0.4, -0.2) is 19.9 Å². The zero-order valence-electron chi connectivity index (χ0n) is 14.7. The summed E-state index contributed by atoms with van der Waals surface area (Å²) in [5.74, 6) is 0.645. The van der Waals surface area contributed by atoms with E-state index in [1.165, 1.54) is 18.5 Å². The lowest BCUT2D eigenvalue weighted by Crippen LogP contribution is -2.33. The van der Waals surface area contributed by atoms with Crippen LogP contribution in [0, 0.1) is 5.92 Å². The molecule has 134 valence electrons. The zero-order chi connectivity index (χ0) is 18.0. The number of nitrogens with zero attached hydrogens (tertiary/aromatic N) is 1. The highest BCUT2D eigenvalue weighted by atomic mass is 32.2. The minimum atomic E-state index is -3.44. The molecule has 0 aromatic heterocycles. The number of hydrogen-bond donors (Lipinski definition) is 0. The lowest BCUT2D eigenvalue weighted by molar-refractivity contribution is 0.233. The molecule has 1 saturated heterocycles. The summed E-state index contributed by atoms with van der Waals surface area (Å²) in [6, 6.07) is 15.9. The predicted octanol–water partition coefficient (Wildman–Crippen LogP) is 4.58. The highest BCUT2D eigenvalue weighted by Crippen LogP contribution is 2.33. The standard InChI is InChI=1S/C22H23NO2S/c24-26(25,20-9-2-1-3-10-20)21-14-12-18(13-15-21)17-23-16-6-8-19-7-4-5-11-22(19)23/h1-5,9-15,19H,6-8,16-17H2. The molecule has 0 bridgehead atoms. The first-order valence-corrected chi connectivity index (χ1v) is 10.6. The Balaban J connectivity index is 1.53. The van der Waals surface area contributed by atoms with Gasteiger partial charge in [0.15, 0.2) is 0 Å². The molecule has 1 atom stereocenters. The highest BCUT2D eigenvalue weighted by molar-refractivity contribution is 7.91. The first-order valence-electron chi connectivity index (χ1n) is 9.15. The monoisotopic (exact) mass is 365 g/mol. The van der Waals surface area contributed by atoms with Gasteiger partial charge in [-0.15, -0.1) is 0 Å². The molecule has 0 spiro atoms. The molecule has 0 N–H and O–H groups in total. The third-order valence-corrected chi connectivity index (χ3v) is 7.03. The summed E-state index contributed by atoms with van der Waals surface area (Å²) in [5.41, 5.74) is 2.58. The van der Waals surface area contributed by atoms with Crippen molar-refractivity contribution in [2.75, 3.05) is 6.54 Å². The number of rotatable bonds is 4. The molecule has 2 aromatic rings. The summed E-state index contributed by atoms with van der Waals surface area (Å²) >= 11 is 0. The molecule has 1 fully saturated rings. The fourth-order valence-electron chi connectivity index (χ4n) is 3.85. The van der Waals surface area contributed by atoms with Gasteiger partial charge in [-0.05, 0) is 55.2 Å². The number of piperidine rings is 1. The van der Waals surface area contributed by atoms with Crippen molar-refractivity contribution < 1.29 is 8.42 Å². The lowest BCUT2D eigenvalue weighted by Gasteiger charge is -2.38. The van der Waals surface area contributed by atoms with Gasteiger partial charge in [-0.25, -0.2) is 8.42 Å². The molecule has 0 saturated carbocycles. The number of allylic oxidation sites excluding steroid dienone is 4.